The number of benzene rings is 1. The average molecular weight is 458 g/mol. The fourth-order valence-corrected chi connectivity index (χ4v) is 3.66. The van der Waals surface area contributed by atoms with E-state index in [1.807, 2.05) is 27.7 Å². The summed E-state index contributed by atoms with van der Waals surface area (Å²) in [4.78, 5) is 43.7. The lowest BCUT2D eigenvalue weighted by atomic mass is 10.2. The summed E-state index contributed by atoms with van der Waals surface area (Å²) in [5, 5.41) is 2.71. The molecule has 2 aromatic heterocycles. The van der Waals surface area contributed by atoms with E-state index in [4.69, 9.17) is 9.47 Å². The van der Waals surface area contributed by atoms with Gasteiger partial charge in [0, 0.05) is 37.0 Å². The number of anilines is 1. The van der Waals surface area contributed by atoms with Crippen molar-refractivity contribution < 1.29 is 14.3 Å². The maximum absolute atomic E-state index is 13.3. The van der Waals surface area contributed by atoms with Crippen LogP contribution < -0.4 is 26.0 Å². The summed E-state index contributed by atoms with van der Waals surface area (Å²) < 4.78 is 14.6. The molecule has 0 aliphatic carbocycles. The van der Waals surface area contributed by atoms with Gasteiger partial charge in [0.15, 0.2) is 11.2 Å². The first-order valence-corrected chi connectivity index (χ1v) is 10.9. The number of nitrogens with zero attached hydrogens (tertiary/aromatic N) is 4. The highest BCUT2D eigenvalue weighted by Gasteiger charge is 2.20. The standard InChI is InChI=1S/C23H31N5O5/c1-14(2)10-26-13-24-21-20(26)22(30)28(23(31)27(21)11-15(3)4)12-19(29)25-16-7-17(32-5)9-18(8-16)33-6/h7-9,13-15H,10-12H2,1-6H3,(H,25,29). The highest BCUT2D eigenvalue weighted by molar-refractivity contribution is 5.91. The molecule has 0 atom stereocenters. The molecule has 0 saturated heterocycles. The maximum atomic E-state index is 13.3. The molecule has 0 spiro atoms. The largest absolute Gasteiger partial charge is 0.497 e. The van der Waals surface area contributed by atoms with E-state index in [0.29, 0.717) is 41.4 Å². The number of ether oxygens (including phenoxy) is 2. The quantitative estimate of drug-likeness (QED) is 0.528. The highest BCUT2D eigenvalue weighted by atomic mass is 16.5. The SMILES string of the molecule is COc1cc(NC(=O)Cn2c(=O)c3c(ncn3CC(C)C)n(CC(C)C)c2=O)cc(OC)c1. The van der Waals surface area contributed by atoms with E-state index in [1.54, 1.807) is 29.1 Å². The molecule has 178 valence electrons. The predicted octanol–water partition coefficient (Wildman–Crippen LogP) is 2.33. The van der Waals surface area contributed by atoms with E-state index < -0.39 is 23.7 Å². The first-order valence-electron chi connectivity index (χ1n) is 10.9. The smallest absolute Gasteiger partial charge is 0.333 e. The number of fused-ring (bicyclic) bond motifs is 1. The third-order valence-electron chi connectivity index (χ3n) is 5.03. The highest BCUT2D eigenvalue weighted by Crippen LogP contribution is 2.25. The Morgan fingerprint density at radius 3 is 2.12 bits per heavy atom. The lowest BCUT2D eigenvalue weighted by molar-refractivity contribution is -0.116. The summed E-state index contributed by atoms with van der Waals surface area (Å²) in [6.07, 6.45) is 1.58. The second-order valence-corrected chi connectivity index (χ2v) is 8.79. The molecule has 0 aliphatic rings. The molecule has 0 fully saturated rings. The second kappa shape index (κ2) is 9.93. The maximum Gasteiger partial charge on any atom is 0.333 e. The number of rotatable bonds is 9. The Balaban J connectivity index is 2.04. The summed E-state index contributed by atoms with van der Waals surface area (Å²) in [7, 11) is 3.01. The zero-order valence-corrected chi connectivity index (χ0v) is 19.9. The fraction of sp³-hybridized carbons (Fsp3) is 0.478. The van der Waals surface area contributed by atoms with Crippen molar-refractivity contribution in [1.29, 1.82) is 0 Å². The number of nitrogens with one attached hydrogen (secondary N) is 1. The van der Waals surface area contributed by atoms with Crippen LogP contribution in [0.2, 0.25) is 0 Å². The van der Waals surface area contributed by atoms with Crippen LogP contribution in [0.1, 0.15) is 27.7 Å². The molecule has 1 amide bonds. The number of aromatic nitrogens is 4. The molecule has 1 N–H and O–H groups in total. The van der Waals surface area contributed by atoms with Gasteiger partial charge in [0.25, 0.3) is 5.56 Å². The lowest BCUT2D eigenvalue weighted by Gasteiger charge is -2.15. The van der Waals surface area contributed by atoms with Crippen molar-refractivity contribution >= 4 is 22.8 Å². The minimum absolute atomic E-state index is 0.144. The molecule has 1 aromatic carbocycles. The molecule has 0 unspecified atom stereocenters. The predicted molar refractivity (Wildman–Crippen MR) is 126 cm³/mol. The molecule has 3 rings (SSSR count). The number of hydrogen-bond donors (Lipinski definition) is 1. The summed E-state index contributed by atoms with van der Waals surface area (Å²) in [6, 6.07) is 4.93. The van der Waals surface area contributed by atoms with Gasteiger partial charge in [-0.25, -0.2) is 14.3 Å². The Morgan fingerprint density at radius 1 is 0.970 bits per heavy atom. The van der Waals surface area contributed by atoms with E-state index in [2.05, 4.69) is 10.3 Å². The van der Waals surface area contributed by atoms with Gasteiger partial charge in [-0.1, -0.05) is 27.7 Å². The van der Waals surface area contributed by atoms with E-state index in [-0.39, 0.29) is 11.8 Å². The van der Waals surface area contributed by atoms with E-state index in [1.165, 1.54) is 18.8 Å². The fourth-order valence-electron chi connectivity index (χ4n) is 3.66. The Hall–Kier alpha value is -3.56. The zero-order valence-electron chi connectivity index (χ0n) is 19.9. The molecule has 33 heavy (non-hydrogen) atoms. The number of methoxy groups -OCH3 is 2. The van der Waals surface area contributed by atoms with E-state index in [9.17, 15) is 14.4 Å². The van der Waals surface area contributed by atoms with Crippen molar-refractivity contribution in [3.8, 4) is 11.5 Å². The lowest BCUT2D eigenvalue weighted by Crippen LogP contribution is -2.43. The first-order chi connectivity index (χ1) is 15.6. The van der Waals surface area contributed by atoms with Crippen LogP contribution in [0.4, 0.5) is 5.69 Å². The topological polar surface area (TPSA) is 109 Å². The average Bonchev–Trinajstić information content (AvgIpc) is 3.16. The van der Waals surface area contributed by atoms with Crippen molar-refractivity contribution in [2.45, 2.75) is 47.3 Å². The van der Waals surface area contributed by atoms with Crippen LogP contribution in [0.3, 0.4) is 0 Å². The summed E-state index contributed by atoms with van der Waals surface area (Å²) in [6.45, 7) is 8.53. The first kappa shape index (κ1) is 24.1. The van der Waals surface area contributed by atoms with Gasteiger partial charge in [-0.05, 0) is 11.8 Å². The van der Waals surface area contributed by atoms with E-state index in [0.717, 1.165) is 4.57 Å². The van der Waals surface area contributed by atoms with Crippen LogP contribution in [0.5, 0.6) is 11.5 Å². The molecule has 10 nitrogen and oxygen atoms in total. The van der Waals surface area contributed by atoms with Crippen LogP contribution in [0.15, 0.2) is 34.1 Å². The van der Waals surface area contributed by atoms with E-state index >= 15 is 0 Å². The van der Waals surface area contributed by atoms with Gasteiger partial charge in [-0.2, -0.15) is 0 Å². The van der Waals surface area contributed by atoms with Crippen molar-refractivity contribution in [3.63, 3.8) is 0 Å². The molecule has 2 heterocycles. The van der Waals surface area contributed by atoms with Crippen LogP contribution in [-0.4, -0.2) is 38.8 Å². The Bertz CT molecular complexity index is 1250. The number of hydrogen-bond acceptors (Lipinski definition) is 6. The molecule has 0 bridgehead atoms. The summed E-state index contributed by atoms with van der Waals surface area (Å²) >= 11 is 0. The van der Waals surface area contributed by atoms with Crippen LogP contribution in [0.25, 0.3) is 11.2 Å². The molecular formula is C23H31N5O5. The zero-order chi connectivity index (χ0) is 24.3. The molecular weight excluding hydrogens is 426 g/mol. The second-order valence-electron chi connectivity index (χ2n) is 8.79. The van der Waals surface area contributed by atoms with Gasteiger partial charge in [0.1, 0.15) is 18.0 Å². The summed E-state index contributed by atoms with van der Waals surface area (Å²) in [5.74, 6) is 0.896. The van der Waals surface area contributed by atoms with Crippen LogP contribution in [0, 0.1) is 11.8 Å². The minimum atomic E-state index is -0.561. The molecule has 10 heteroatoms. The van der Waals surface area contributed by atoms with Crippen LogP contribution >= 0.6 is 0 Å². The molecule has 0 aliphatic heterocycles. The molecule has 3 aromatic rings. The van der Waals surface area contributed by atoms with Gasteiger partial charge in [-0.15, -0.1) is 0 Å². The minimum Gasteiger partial charge on any atom is -0.497 e. The molecule has 0 saturated carbocycles. The normalized spacial score (nSPS) is 11.4. The van der Waals surface area contributed by atoms with Crippen molar-refractivity contribution in [2.75, 3.05) is 19.5 Å². The monoisotopic (exact) mass is 457 g/mol. The number of carbonyl (C=O) groups excluding carboxylic acids is 1. The van der Waals surface area contributed by atoms with Crippen molar-refractivity contribution in [2.24, 2.45) is 11.8 Å². The summed E-state index contributed by atoms with van der Waals surface area (Å²) in [5.41, 5.74) is -0.00748. The number of imidazole rings is 1. The van der Waals surface area contributed by atoms with Gasteiger partial charge in [0.05, 0.1) is 20.5 Å². The van der Waals surface area contributed by atoms with Crippen molar-refractivity contribution in [1.82, 2.24) is 18.7 Å². The molecule has 0 radical (unpaired) electrons. The van der Waals surface area contributed by atoms with Crippen molar-refractivity contribution in [3.05, 3.63) is 45.4 Å². The van der Waals surface area contributed by atoms with Crippen LogP contribution in [-0.2, 0) is 24.4 Å². The third kappa shape index (κ3) is 5.27. The Morgan fingerprint density at radius 2 is 1.58 bits per heavy atom. The van der Waals surface area contributed by atoms with Gasteiger partial charge in [-0.3, -0.25) is 14.2 Å². The van der Waals surface area contributed by atoms with Gasteiger partial charge in [0.2, 0.25) is 5.91 Å². The number of amides is 1. The number of carbonyl (C=O) groups is 1. The third-order valence-corrected chi connectivity index (χ3v) is 5.03. The Kier molecular flexibility index (Phi) is 7.25. The van der Waals surface area contributed by atoms with Gasteiger partial charge < -0.3 is 19.4 Å². The van der Waals surface area contributed by atoms with Gasteiger partial charge >= 0.3 is 5.69 Å². The Labute approximate surface area is 191 Å².